The van der Waals surface area contributed by atoms with Crippen LogP contribution in [0.3, 0.4) is 0 Å². The number of nitrogens with zero attached hydrogens (tertiary/aromatic N) is 1. The third kappa shape index (κ3) is 2.73. The highest BCUT2D eigenvalue weighted by Crippen LogP contribution is 2.34. The second-order valence-electron chi connectivity index (χ2n) is 5.77. The normalized spacial score (nSPS) is 33.3. The van der Waals surface area contributed by atoms with Crippen molar-refractivity contribution in [3.63, 3.8) is 0 Å². The predicted octanol–water partition coefficient (Wildman–Crippen LogP) is -0.368. The van der Waals surface area contributed by atoms with Crippen LogP contribution < -0.4 is 11.2 Å². The fourth-order valence-electron chi connectivity index (χ4n) is 2.55. The van der Waals surface area contributed by atoms with Gasteiger partial charge in [-0.3, -0.25) is 19.1 Å². The van der Waals surface area contributed by atoms with Crippen LogP contribution in [-0.4, -0.2) is 46.1 Å². The number of hydrogen-bond donors (Lipinski definition) is 1. The molecule has 23 heavy (non-hydrogen) atoms. The van der Waals surface area contributed by atoms with Gasteiger partial charge in [-0.1, -0.05) is 0 Å². The number of Topliss-reactive ketones (excluding diaryl/α,β-unsaturated/α-hetero) is 1. The highest BCUT2D eigenvalue weighted by Gasteiger charge is 2.52. The number of hydrogen-bond acceptors (Lipinski definition) is 6. The number of carbonyl (C=O) groups is 1. The molecule has 2 saturated heterocycles. The van der Waals surface area contributed by atoms with Crippen molar-refractivity contribution in [1.82, 2.24) is 9.55 Å². The van der Waals surface area contributed by atoms with Gasteiger partial charge in [0.15, 0.2) is 12.0 Å². The molecule has 3 heterocycles. The zero-order valence-corrected chi connectivity index (χ0v) is 12.2. The van der Waals surface area contributed by atoms with Crippen molar-refractivity contribution >= 4 is 5.78 Å². The number of halogens is 2. The van der Waals surface area contributed by atoms with Gasteiger partial charge < -0.3 is 14.2 Å². The first-order chi connectivity index (χ1) is 10.7. The second kappa shape index (κ2) is 5.32. The van der Waals surface area contributed by atoms with Gasteiger partial charge in [0.2, 0.25) is 17.8 Å². The first kappa shape index (κ1) is 16.0. The maximum Gasteiger partial charge on any atom is 0.330 e. The summed E-state index contributed by atoms with van der Waals surface area (Å²) in [6, 6.07) is 0. The Labute approximate surface area is 128 Å². The van der Waals surface area contributed by atoms with Crippen LogP contribution in [0.2, 0.25) is 0 Å². The molecule has 2 aliphatic rings. The quantitative estimate of drug-likeness (QED) is 0.753. The molecule has 10 heteroatoms. The molecule has 0 bridgehead atoms. The van der Waals surface area contributed by atoms with Gasteiger partial charge in [-0.25, -0.2) is 9.18 Å². The lowest BCUT2D eigenvalue weighted by molar-refractivity contribution is -0.333. The minimum atomic E-state index is -2.08. The molecular formula is C13H14F2N2O6. The highest BCUT2D eigenvalue weighted by atomic mass is 19.1. The van der Waals surface area contributed by atoms with Gasteiger partial charge in [0.25, 0.3) is 5.56 Å². The summed E-state index contributed by atoms with van der Waals surface area (Å²) in [6.07, 6.45) is -5.43. The van der Waals surface area contributed by atoms with E-state index in [0.717, 1.165) is 0 Å². The van der Waals surface area contributed by atoms with Crippen molar-refractivity contribution in [2.24, 2.45) is 0 Å². The molecule has 1 N–H and O–H groups in total. The number of alkyl halides is 1. The Morgan fingerprint density at radius 3 is 2.74 bits per heavy atom. The summed E-state index contributed by atoms with van der Waals surface area (Å²) in [6.45, 7) is 3.06. The monoisotopic (exact) mass is 332 g/mol. The molecule has 0 unspecified atom stereocenters. The van der Waals surface area contributed by atoms with E-state index in [2.05, 4.69) is 0 Å². The Hall–Kier alpha value is -1.91. The number of ketones is 1. The summed E-state index contributed by atoms with van der Waals surface area (Å²) in [5.74, 6) is -3.48. The number of carbonyl (C=O) groups excluding carboxylic acids is 1. The SMILES string of the molecule is CC1(C)OC[C@H]2O[C@@H](n3cc(F)c(=O)[nH]c3=O)C(=O)[C@@H](F)[C@@H]2O1. The molecule has 0 spiro atoms. The highest BCUT2D eigenvalue weighted by molar-refractivity contribution is 5.87. The zero-order valence-electron chi connectivity index (χ0n) is 12.2. The lowest BCUT2D eigenvalue weighted by Crippen LogP contribution is -2.61. The number of aromatic nitrogens is 2. The largest absolute Gasteiger partial charge is 0.348 e. The van der Waals surface area contributed by atoms with E-state index >= 15 is 0 Å². The molecule has 0 aliphatic carbocycles. The number of H-pyrrole nitrogens is 1. The van der Waals surface area contributed by atoms with E-state index in [0.29, 0.717) is 10.8 Å². The molecule has 4 atom stereocenters. The Kier molecular flexibility index (Phi) is 3.69. The van der Waals surface area contributed by atoms with Crippen LogP contribution in [0, 0.1) is 5.82 Å². The standard InChI is InChI=1S/C13H14F2N2O6/c1-13(2)21-4-6-9(23-13)7(15)8(18)11(22-6)17-3-5(14)10(19)16-12(17)20/h3,6-7,9,11H,4H2,1-2H3,(H,16,19,20)/t6-,7-,9-,11-/m1/s1. The van der Waals surface area contributed by atoms with Crippen molar-refractivity contribution in [3.8, 4) is 0 Å². The van der Waals surface area contributed by atoms with E-state index in [1.807, 2.05) is 0 Å². The summed E-state index contributed by atoms with van der Waals surface area (Å²) in [5.41, 5.74) is -2.33. The van der Waals surface area contributed by atoms with Crippen LogP contribution >= 0.6 is 0 Å². The third-order valence-corrected chi connectivity index (χ3v) is 3.67. The minimum Gasteiger partial charge on any atom is -0.348 e. The molecular weight excluding hydrogens is 318 g/mol. The molecule has 0 aromatic carbocycles. The average Bonchev–Trinajstić information content (AvgIpc) is 2.47. The Morgan fingerprint density at radius 2 is 2.04 bits per heavy atom. The molecule has 2 aliphatic heterocycles. The van der Waals surface area contributed by atoms with E-state index < -0.39 is 53.2 Å². The summed E-state index contributed by atoms with van der Waals surface area (Å²) in [7, 11) is 0. The van der Waals surface area contributed by atoms with E-state index in [9.17, 15) is 23.2 Å². The number of rotatable bonds is 1. The van der Waals surface area contributed by atoms with Gasteiger partial charge in [-0.05, 0) is 13.8 Å². The van der Waals surface area contributed by atoms with Crippen molar-refractivity contribution in [3.05, 3.63) is 32.9 Å². The Morgan fingerprint density at radius 1 is 1.35 bits per heavy atom. The number of nitrogens with one attached hydrogen (secondary N) is 1. The summed E-state index contributed by atoms with van der Waals surface area (Å²) in [5, 5.41) is 0. The predicted molar refractivity (Wildman–Crippen MR) is 70.0 cm³/mol. The Bertz CT molecular complexity index is 758. The van der Waals surface area contributed by atoms with Gasteiger partial charge in [0.05, 0.1) is 12.8 Å². The Balaban J connectivity index is 1.95. The van der Waals surface area contributed by atoms with Crippen molar-refractivity contribution in [2.75, 3.05) is 6.61 Å². The van der Waals surface area contributed by atoms with Crippen LogP contribution in [0.25, 0.3) is 0 Å². The molecule has 2 fully saturated rings. The molecule has 8 nitrogen and oxygen atoms in total. The first-order valence-electron chi connectivity index (χ1n) is 6.85. The van der Waals surface area contributed by atoms with Crippen LogP contribution in [0.5, 0.6) is 0 Å². The molecule has 0 amide bonds. The number of fused-ring (bicyclic) bond motifs is 1. The molecule has 3 rings (SSSR count). The fraction of sp³-hybridized carbons (Fsp3) is 0.615. The number of aromatic amines is 1. The lowest BCUT2D eigenvalue weighted by Gasteiger charge is -2.45. The zero-order chi connectivity index (χ0) is 16.9. The van der Waals surface area contributed by atoms with Crippen LogP contribution in [0.1, 0.15) is 20.1 Å². The second-order valence-corrected chi connectivity index (χ2v) is 5.77. The molecule has 1 aromatic heterocycles. The van der Waals surface area contributed by atoms with Crippen molar-refractivity contribution in [2.45, 2.75) is 44.2 Å². The van der Waals surface area contributed by atoms with Gasteiger partial charge in [0.1, 0.15) is 12.2 Å². The van der Waals surface area contributed by atoms with Crippen molar-refractivity contribution in [1.29, 1.82) is 0 Å². The van der Waals surface area contributed by atoms with Gasteiger partial charge in [0, 0.05) is 0 Å². The summed E-state index contributed by atoms with van der Waals surface area (Å²) in [4.78, 5) is 36.6. The average molecular weight is 332 g/mol. The summed E-state index contributed by atoms with van der Waals surface area (Å²) < 4.78 is 44.3. The number of ether oxygens (including phenoxy) is 3. The van der Waals surface area contributed by atoms with Gasteiger partial charge in [-0.2, -0.15) is 4.39 Å². The smallest absolute Gasteiger partial charge is 0.330 e. The summed E-state index contributed by atoms with van der Waals surface area (Å²) >= 11 is 0. The fourth-order valence-corrected chi connectivity index (χ4v) is 2.55. The van der Waals surface area contributed by atoms with E-state index in [1.165, 1.54) is 0 Å². The van der Waals surface area contributed by atoms with E-state index in [1.54, 1.807) is 18.8 Å². The lowest BCUT2D eigenvalue weighted by atomic mass is 9.99. The molecule has 126 valence electrons. The van der Waals surface area contributed by atoms with Crippen molar-refractivity contribution < 1.29 is 27.8 Å². The van der Waals surface area contributed by atoms with Crippen LogP contribution in [0.15, 0.2) is 15.8 Å². The van der Waals surface area contributed by atoms with Gasteiger partial charge in [-0.15, -0.1) is 0 Å². The first-order valence-corrected chi connectivity index (χ1v) is 6.85. The van der Waals surface area contributed by atoms with E-state index in [-0.39, 0.29) is 6.61 Å². The minimum absolute atomic E-state index is 0.0670. The molecule has 0 radical (unpaired) electrons. The molecule has 0 saturated carbocycles. The van der Waals surface area contributed by atoms with Crippen LogP contribution in [-0.2, 0) is 19.0 Å². The third-order valence-electron chi connectivity index (χ3n) is 3.67. The van der Waals surface area contributed by atoms with Gasteiger partial charge >= 0.3 is 5.69 Å². The van der Waals surface area contributed by atoms with E-state index in [4.69, 9.17) is 14.2 Å². The molecule has 1 aromatic rings. The topological polar surface area (TPSA) is 99.6 Å². The maximum atomic E-state index is 14.4. The van der Waals surface area contributed by atoms with Crippen LogP contribution in [0.4, 0.5) is 8.78 Å². The maximum absolute atomic E-state index is 14.4.